The average Bonchev–Trinajstić information content (AvgIpc) is 3.41. The molecule has 1 aromatic heterocycles. The summed E-state index contributed by atoms with van der Waals surface area (Å²) < 4.78 is 22.3. The molecule has 4 rings (SSSR count). The highest BCUT2D eigenvalue weighted by Crippen LogP contribution is 2.30. The molecule has 0 fully saturated rings. The SMILES string of the molecule is O=C(CNC(=O)[C@@H]1COc2ccccc2O1)N/N=C\c1cc(Br)ccc1OC(=O)/C=C/c1ccco1. The van der Waals surface area contributed by atoms with Gasteiger partial charge in [-0.25, -0.2) is 10.2 Å². The first-order valence-corrected chi connectivity index (χ1v) is 11.5. The van der Waals surface area contributed by atoms with Crippen LogP contribution >= 0.6 is 15.9 Å². The number of ether oxygens (including phenoxy) is 3. The van der Waals surface area contributed by atoms with E-state index in [2.05, 4.69) is 31.8 Å². The van der Waals surface area contributed by atoms with Crippen molar-refractivity contribution in [3.05, 3.63) is 82.7 Å². The normalized spacial score (nSPS) is 14.5. The smallest absolute Gasteiger partial charge is 0.336 e. The summed E-state index contributed by atoms with van der Waals surface area (Å²) in [6.07, 6.45) is 4.64. The van der Waals surface area contributed by atoms with Gasteiger partial charge in [-0.1, -0.05) is 28.1 Å². The zero-order chi connectivity index (χ0) is 25.3. The van der Waals surface area contributed by atoms with Gasteiger partial charge >= 0.3 is 5.97 Å². The number of halogens is 1. The zero-order valence-corrected chi connectivity index (χ0v) is 20.3. The molecule has 184 valence electrons. The first-order valence-electron chi connectivity index (χ1n) is 10.7. The summed E-state index contributed by atoms with van der Waals surface area (Å²) in [6, 6.07) is 15.3. The highest BCUT2D eigenvalue weighted by Gasteiger charge is 2.27. The molecule has 0 bridgehead atoms. The van der Waals surface area contributed by atoms with Gasteiger partial charge < -0.3 is 23.9 Å². The van der Waals surface area contributed by atoms with E-state index in [4.69, 9.17) is 18.6 Å². The van der Waals surface area contributed by atoms with Crippen LogP contribution in [0.2, 0.25) is 0 Å². The quantitative estimate of drug-likeness (QED) is 0.144. The van der Waals surface area contributed by atoms with Gasteiger partial charge in [-0.2, -0.15) is 5.10 Å². The van der Waals surface area contributed by atoms with Gasteiger partial charge in [0.1, 0.15) is 18.1 Å². The van der Waals surface area contributed by atoms with Crippen LogP contribution < -0.4 is 25.0 Å². The summed E-state index contributed by atoms with van der Waals surface area (Å²) in [7, 11) is 0. The number of nitrogens with one attached hydrogen (secondary N) is 2. The molecule has 3 aromatic rings. The van der Waals surface area contributed by atoms with Gasteiger partial charge in [0, 0.05) is 16.1 Å². The summed E-state index contributed by atoms with van der Waals surface area (Å²) in [5, 5.41) is 6.36. The molecule has 0 saturated heterocycles. The molecule has 36 heavy (non-hydrogen) atoms. The standard InChI is InChI=1S/C25H20BrN3O7/c26-17-7-9-19(36-24(31)10-8-18-4-3-11-33-18)16(12-17)13-28-29-23(30)14-27-25(32)22-15-34-20-5-1-2-6-21(20)35-22/h1-13,22H,14-15H2,(H,27,32)(H,29,30)/b10-8+,28-13-/t22-/m0/s1. The number of hydrogen-bond donors (Lipinski definition) is 2. The van der Waals surface area contributed by atoms with Crippen molar-refractivity contribution in [1.82, 2.24) is 10.7 Å². The molecule has 2 N–H and O–H groups in total. The Bertz CT molecular complexity index is 1300. The van der Waals surface area contributed by atoms with Crippen molar-refractivity contribution in [2.24, 2.45) is 5.10 Å². The van der Waals surface area contributed by atoms with Crippen molar-refractivity contribution < 1.29 is 33.0 Å². The van der Waals surface area contributed by atoms with Crippen molar-refractivity contribution in [2.45, 2.75) is 6.10 Å². The number of fused-ring (bicyclic) bond motifs is 1. The predicted octanol–water partition coefficient (Wildman–Crippen LogP) is 3.07. The van der Waals surface area contributed by atoms with E-state index in [0.29, 0.717) is 27.3 Å². The van der Waals surface area contributed by atoms with E-state index >= 15 is 0 Å². The number of nitrogens with zero attached hydrogens (tertiary/aromatic N) is 1. The molecule has 10 nitrogen and oxygen atoms in total. The van der Waals surface area contributed by atoms with Crippen molar-refractivity contribution in [1.29, 1.82) is 0 Å². The Morgan fingerprint density at radius 1 is 1.11 bits per heavy atom. The molecule has 2 heterocycles. The summed E-state index contributed by atoms with van der Waals surface area (Å²) in [5.74, 6) is 0.0745. The van der Waals surface area contributed by atoms with Crippen molar-refractivity contribution in [2.75, 3.05) is 13.2 Å². The van der Waals surface area contributed by atoms with Crippen molar-refractivity contribution >= 4 is 46.0 Å². The lowest BCUT2D eigenvalue weighted by atomic mass is 10.2. The third-order valence-corrected chi connectivity index (χ3v) is 5.22. The molecule has 1 aliphatic rings. The minimum Gasteiger partial charge on any atom is -0.485 e. The third-order valence-electron chi connectivity index (χ3n) is 4.73. The Labute approximate surface area is 214 Å². The summed E-state index contributed by atoms with van der Waals surface area (Å²) >= 11 is 3.34. The van der Waals surface area contributed by atoms with Gasteiger partial charge in [0.2, 0.25) is 6.10 Å². The van der Waals surface area contributed by atoms with Crippen LogP contribution in [0.15, 0.2) is 80.9 Å². The number of amides is 2. The molecule has 0 saturated carbocycles. The Morgan fingerprint density at radius 2 is 1.94 bits per heavy atom. The maximum atomic E-state index is 12.3. The first kappa shape index (κ1) is 24.7. The van der Waals surface area contributed by atoms with Gasteiger partial charge in [-0.05, 0) is 48.5 Å². The molecule has 2 amide bonds. The van der Waals surface area contributed by atoms with E-state index in [-0.39, 0.29) is 18.9 Å². The highest BCUT2D eigenvalue weighted by molar-refractivity contribution is 9.10. The van der Waals surface area contributed by atoms with Crippen LogP contribution in [0.4, 0.5) is 0 Å². The van der Waals surface area contributed by atoms with E-state index in [0.717, 1.165) is 0 Å². The number of hydrazone groups is 1. The van der Waals surface area contributed by atoms with Crippen LogP contribution in [0.25, 0.3) is 6.08 Å². The summed E-state index contributed by atoms with van der Waals surface area (Å²) in [5.41, 5.74) is 2.74. The maximum Gasteiger partial charge on any atom is 0.336 e. The van der Waals surface area contributed by atoms with Crippen LogP contribution in [-0.2, 0) is 14.4 Å². The molecule has 0 spiro atoms. The topological polar surface area (TPSA) is 128 Å². The summed E-state index contributed by atoms with van der Waals surface area (Å²) in [6.45, 7) is -0.292. The Kier molecular flexibility index (Phi) is 8.14. The van der Waals surface area contributed by atoms with E-state index in [1.807, 2.05) is 0 Å². The largest absolute Gasteiger partial charge is 0.485 e. The summed E-state index contributed by atoms with van der Waals surface area (Å²) in [4.78, 5) is 36.6. The second kappa shape index (κ2) is 11.8. The maximum absolute atomic E-state index is 12.3. The number of para-hydroxylation sites is 2. The lowest BCUT2D eigenvalue weighted by Gasteiger charge is -2.25. The Balaban J connectivity index is 1.27. The van der Waals surface area contributed by atoms with Crippen LogP contribution in [0.5, 0.6) is 17.2 Å². The fraction of sp³-hybridized carbons (Fsp3) is 0.120. The lowest BCUT2D eigenvalue weighted by molar-refractivity contribution is -0.132. The molecule has 11 heteroatoms. The zero-order valence-electron chi connectivity index (χ0n) is 18.7. The van der Waals surface area contributed by atoms with Crippen LogP contribution in [0.1, 0.15) is 11.3 Å². The van der Waals surface area contributed by atoms with E-state index in [1.54, 1.807) is 54.6 Å². The molecule has 2 aromatic carbocycles. The molecule has 0 radical (unpaired) electrons. The molecule has 0 aliphatic carbocycles. The first-order chi connectivity index (χ1) is 17.5. The second-order valence-electron chi connectivity index (χ2n) is 7.33. The number of hydrogen-bond acceptors (Lipinski definition) is 8. The number of furan rings is 1. The predicted molar refractivity (Wildman–Crippen MR) is 133 cm³/mol. The van der Waals surface area contributed by atoms with Crippen LogP contribution in [0, 0.1) is 0 Å². The van der Waals surface area contributed by atoms with Crippen molar-refractivity contribution in [3.8, 4) is 17.2 Å². The van der Waals surface area contributed by atoms with E-state index < -0.39 is 23.9 Å². The average molecular weight is 554 g/mol. The number of carbonyl (C=O) groups excluding carboxylic acids is 3. The third kappa shape index (κ3) is 6.83. The molecule has 0 unspecified atom stereocenters. The monoisotopic (exact) mass is 553 g/mol. The van der Waals surface area contributed by atoms with Gasteiger partial charge in [0.25, 0.3) is 11.8 Å². The number of carbonyl (C=O) groups is 3. The van der Waals surface area contributed by atoms with Gasteiger partial charge in [0.05, 0.1) is 19.0 Å². The van der Waals surface area contributed by atoms with Crippen LogP contribution in [0.3, 0.4) is 0 Å². The molecule has 1 aliphatic heterocycles. The van der Waals surface area contributed by atoms with Crippen LogP contribution in [-0.4, -0.2) is 43.3 Å². The lowest BCUT2D eigenvalue weighted by Crippen LogP contribution is -2.46. The second-order valence-corrected chi connectivity index (χ2v) is 8.24. The molecule has 1 atom stereocenters. The number of esters is 1. The minimum absolute atomic E-state index is 0.0315. The minimum atomic E-state index is -0.878. The number of benzene rings is 2. The van der Waals surface area contributed by atoms with E-state index in [9.17, 15) is 14.4 Å². The van der Waals surface area contributed by atoms with Gasteiger partial charge in [-0.15, -0.1) is 0 Å². The van der Waals surface area contributed by atoms with Gasteiger partial charge in [-0.3, -0.25) is 9.59 Å². The van der Waals surface area contributed by atoms with Gasteiger partial charge in [0.15, 0.2) is 11.5 Å². The highest BCUT2D eigenvalue weighted by atomic mass is 79.9. The Hall–Kier alpha value is -4.38. The fourth-order valence-electron chi connectivity index (χ4n) is 3.04. The molecular weight excluding hydrogens is 534 g/mol. The number of rotatable bonds is 8. The van der Waals surface area contributed by atoms with E-state index in [1.165, 1.54) is 24.6 Å². The Morgan fingerprint density at radius 3 is 2.75 bits per heavy atom. The fourth-order valence-corrected chi connectivity index (χ4v) is 3.41. The molecular formula is C25H20BrN3O7. The van der Waals surface area contributed by atoms with Crippen molar-refractivity contribution in [3.63, 3.8) is 0 Å².